The summed E-state index contributed by atoms with van der Waals surface area (Å²) < 4.78 is 29.9. The first kappa shape index (κ1) is 26.0. The molecule has 0 atom stereocenters. The van der Waals surface area contributed by atoms with Crippen LogP contribution < -0.4 is 25.0 Å². The lowest BCUT2D eigenvalue weighted by molar-refractivity contribution is -0.136. The van der Waals surface area contributed by atoms with E-state index in [1.807, 2.05) is 6.92 Å². The molecule has 0 fully saturated rings. The molecule has 0 saturated heterocycles. The molecule has 9 heteroatoms. The van der Waals surface area contributed by atoms with E-state index in [-0.39, 0.29) is 12.4 Å². The Morgan fingerprint density at radius 1 is 0.944 bits per heavy atom. The normalized spacial score (nSPS) is 10.5. The summed E-state index contributed by atoms with van der Waals surface area (Å²) in [6.45, 7) is 6.42. The summed E-state index contributed by atoms with van der Waals surface area (Å²) in [6.07, 6.45) is 3.00. The largest absolute Gasteiger partial charge is 0.490 e. The fourth-order valence-corrected chi connectivity index (χ4v) is 2.93. The topological polar surface area (TPSA) is 98.2 Å². The quantitative estimate of drug-likeness (QED) is 0.179. The number of rotatable bonds is 11. The van der Waals surface area contributed by atoms with Gasteiger partial charge in [-0.2, -0.15) is 5.10 Å². The number of amides is 2. The maximum atomic E-state index is 13.1. The predicted molar refractivity (Wildman–Crippen MR) is 135 cm³/mol. The molecule has 0 saturated carbocycles. The Morgan fingerprint density at radius 2 is 1.69 bits per heavy atom. The molecule has 0 aliphatic carbocycles. The van der Waals surface area contributed by atoms with Crippen LogP contribution in [0, 0.1) is 5.82 Å². The molecule has 2 N–H and O–H groups in total. The highest BCUT2D eigenvalue weighted by molar-refractivity contribution is 6.39. The maximum Gasteiger partial charge on any atom is 0.329 e. The molecule has 0 aliphatic rings. The molecular weight excluding hydrogens is 465 g/mol. The lowest BCUT2D eigenvalue weighted by atomic mass is 10.2. The van der Waals surface area contributed by atoms with Crippen LogP contribution in [0.2, 0.25) is 0 Å². The number of carbonyl (C=O) groups excluding carboxylic acids is 2. The molecule has 3 aromatic carbocycles. The number of nitrogens with one attached hydrogen (secondary N) is 2. The number of nitrogens with zero attached hydrogens (tertiary/aromatic N) is 1. The van der Waals surface area contributed by atoms with Crippen LogP contribution in [0.4, 0.5) is 10.1 Å². The molecule has 0 bridgehead atoms. The third-order valence-electron chi connectivity index (χ3n) is 4.64. The first-order chi connectivity index (χ1) is 17.5. The van der Waals surface area contributed by atoms with Gasteiger partial charge in [-0.25, -0.2) is 9.82 Å². The number of carbonyl (C=O) groups is 2. The first-order valence-electron chi connectivity index (χ1n) is 11.1. The van der Waals surface area contributed by atoms with Gasteiger partial charge >= 0.3 is 11.8 Å². The van der Waals surface area contributed by atoms with Crippen molar-refractivity contribution in [3.05, 3.63) is 96.3 Å². The summed E-state index contributed by atoms with van der Waals surface area (Å²) in [6, 6.07) is 17.7. The molecule has 0 spiro atoms. The fraction of sp³-hybridized carbons (Fsp3) is 0.148. The van der Waals surface area contributed by atoms with Gasteiger partial charge in [0.25, 0.3) is 0 Å². The lowest BCUT2D eigenvalue weighted by Gasteiger charge is -2.12. The minimum atomic E-state index is -0.928. The van der Waals surface area contributed by atoms with E-state index in [1.54, 1.807) is 60.7 Å². The highest BCUT2D eigenvalue weighted by atomic mass is 19.1. The zero-order valence-corrected chi connectivity index (χ0v) is 19.7. The van der Waals surface area contributed by atoms with Crippen LogP contribution in [0.1, 0.15) is 18.1 Å². The van der Waals surface area contributed by atoms with Crippen LogP contribution >= 0.6 is 0 Å². The summed E-state index contributed by atoms with van der Waals surface area (Å²) in [5, 5.41) is 6.32. The minimum Gasteiger partial charge on any atom is -0.490 e. The molecule has 0 heterocycles. The van der Waals surface area contributed by atoms with Gasteiger partial charge in [-0.05, 0) is 72.6 Å². The van der Waals surface area contributed by atoms with Crippen molar-refractivity contribution in [3.63, 3.8) is 0 Å². The van der Waals surface area contributed by atoms with Crippen molar-refractivity contribution in [1.29, 1.82) is 0 Å². The van der Waals surface area contributed by atoms with E-state index in [2.05, 4.69) is 22.4 Å². The van der Waals surface area contributed by atoms with Crippen molar-refractivity contribution < 1.29 is 28.2 Å². The summed E-state index contributed by atoms with van der Waals surface area (Å²) >= 11 is 0. The number of halogens is 1. The van der Waals surface area contributed by atoms with Crippen molar-refractivity contribution in [3.8, 4) is 17.2 Å². The number of benzene rings is 3. The number of hydrogen-bond donors (Lipinski definition) is 2. The summed E-state index contributed by atoms with van der Waals surface area (Å²) in [4.78, 5) is 24.2. The third-order valence-corrected chi connectivity index (χ3v) is 4.64. The second kappa shape index (κ2) is 13.3. The maximum absolute atomic E-state index is 13.1. The standard InChI is InChI=1S/C27H26FN3O5/c1-3-15-35-23-12-10-22(11-13-23)30-26(32)27(33)31-29-17-20-7-14-24(25(16-20)34-4-2)36-18-19-5-8-21(28)9-6-19/h3,5-14,16-17H,1,4,15,18H2,2H3,(H,30,32)(H,31,33)/b29-17-. The van der Waals surface area contributed by atoms with Gasteiger partial charge in [0.05, 0.1) is 12.8 Å². The molecule has 3 aromatic rings. The molecule has 186 valence electrons. The van der Waals surface area contributed by atoms with E-state index in [0.717, 1.165) is 5.56 Å². The number of anilines is 1. The second-order valence-corrected chi connectivity index (χ2v) is 7.33. The fourth-order valence-electron chi connectivity index (χ4n) is 2.93. The molecular formula is C27H26FN3O5. The Kier molecular flexibility index (Phi) is 9.58. The van der Waals surface area contributed by atoms with E-state index >= 15 is 0 Å². The molecule has 2 amide bonds. The zero-order valence-electron chi connectivity index (χ0n) is 19.7. The predicted octanol–water partition coefficient (Wildman–Crippen LogP) is 4.46. The molecule has 0 radical (unpaired) electrons. The average molecular weight is 492 g/mol. The highest BCUT2D eigenvalue weighted by Gasteiger charge is 2.13. The van der Waals surface area contributed by atoms with Crippen molar-refractivity contribution in [1.82, 2.24) is 5.43 Å². The van der Waals surface area contributed by atoms with Gasteiger partial charge in [-0.15, -0.1) is 0 Å². The van der Waals surface area contributed by atoms with Gasteiger partial charge in [-0.1, -0.05) is 24.8 Å². The molecule has 0 aliphatic heterocycles. The Labute approximate surface area is 208 Å². The zero-order chi connectivity index (χ0) is 25.8. The van der Waals surface area contributed by atoms with Gasteiger partial charge in [0.2, 0.25) is 0 Å². The van der Waals surface area contributed by atoms with E-state index in [9.17, 15) is 14.0 Å². The Balaban J connectivity index is 1.54. The molecule has 0 unspecified atom stereocenters. The summed E-state index contributed by atoms with van der Waals surface area (Å²) in [5.74, 6) is -0.518. The van der Waals surface area contributed by atoms with Crippen molar-refractivity contribution in [2.24, 2.45) is 5.10 Å². The van der Waals surface area contributed by atoms with E-state index in [4.69, 9.17) is 14.2 Å². The Hall–Kier alpha value is -4.66. The molecule has 8 nitrogen and oxygen atoms in total. The van der Waals surface area contributed by atoms with E-state index in [0.29, 0.717) is 41.7 Å². The second-order valence-electron chi connectivity index (χ2n) is 7.33. The molecule has 36 heavy (non-hydrogen) atoms. The monoisotopic (exact) mass is 491 g/mol. The van der Waals surface area contributed by atoms with E-state index in [1.165, 1.54) is 18.3 Å². The summed E-state index contributed by atoms with van der Waals surface area (Å²) in [7, 11) is 0. The van der Waals surface area contributed by atoms with Crippen LogP contribution in [-0.2, 0) is 16.2 Å². The number of hydrazone groups is 1. The van der Waals surface area contributed by atoms with Crippen LogP contribution in [0.3, 0.4) is 0 Å². The van der Waals surface area contributed by atoms with Gasteiger partial charge in [0.15, 0.2) is 11.5 Å². The van der Waals surface area contributed by atoms with Gasteiger partial charge in [-0.3, -0.25) is 9.59 Å². The highest BCUT2D eigenvalue weighted by Crippen LogP contribution is 2.29. The number of hydrogen-bond acceptors (Lipinski definition) is 6. The average Bonchev–Trinajstić information content (AvgIpc) is 2.89. The van der Waals surface area contributed by atoms with Crippen LogP contribution in [-0.4, -0.2) is 31.2 Å². The lowest BCUT2D eigenvalue weighted by Crippen LogP contribution is -2.32. The van der Waals surface area contributed by atoms with Crippen LogP contribution in [0.15, 0.2) is 84.5 Å². The first-order valence-corrected chi connectivity index (χ1v) is 11.1. The van der Waals surface area contributed by atoms with Gasteiger partial charge in [0, 0.05) is 5.69 Å². The van der Waals surface area contributed by atoms with Crippen molar-refractivity contribution >= 4 is 23.7 Å². The Bertz CT molecular complexity index is 1210. The van der Waals surface area contributed by atoms with Crippen molar-refractivity contribution in [2.45, 2.75) is 13.5 Å². The molecule has 0 aromatic heterocycles. The van der Waals surface area contributed by atoms with Gasteiger partial charge < -0.3 is 19.5 Å². The van der Waals surface area contributed by atoms with Gasteiger partial charge in [0.1, 0.15) is 24.8 Å². The molecule has 3 rings (SSSR count). The number of ether oxygens (including phenoxy) is 3. The minimum absolute atomic E-state index is 0.240. The summed E-state index contributed by atoms with van der Waals surface area (Å²) in [5.41, 5.74) is 4.04. The third kappa shape index (κ3) is 7.98. The van der Waals surface area contributed by atoms with Crippen LogP contribution in [0.5, 0.6) is 17.2 Å². The van der Waals surface area contributed by atoms with Crippen molar-refractivity contribution in [2.75, 3.05) is 18.5 Å². The SMILES string of the molecule is C=CCOc1ccc(NC(=O)C(=O)N/N=C\c2ccc(OCc3ccc(F)cc3)c(OCC)c2)cc1. The smallest absolute Gasteiger partial charge is 0.329 e. The Morgan fingerprint density at radius 3 is 2.39 bits per heavy atom. The van der Waals surface area contributed by atoms with E-state index < -0.39 is 11.8 Å². The van der Waals surface area contributed by atoms with Crippen LogP contribution in [0.25, 0.3) is 0 Å².